The minimum Gasteiger partial charge on any atom is -0.454 e. The number of benzene rings is 5. The van der Waals surface area contributed by atoms with Gasteiger partial charge in [0.2, 0.25) is 19.5 Å². The first-order valence-electron chi connectivity index (χ1n) is 19.8. The first kappa shape index (κ1) is 35.0. The van der Waals surface area contributed by atoms with Crippen molar-refractivity contribution >= 4 is 68.4 Å². The number of rotatable bonds is 2. The van der Waals surface area contributed by atoms with Crippen molar-refractivity contribution in [3.8, 4) is 23.0 Å². The van der Waals surface area contributed by atoms with Crippen LogP contribution in [0.15, 0.2) is 77.2 Å². The normalized spacial score (nSPS) is 15.4. The van der Waals surface area contributed by atoms with Crippen LogP contribution in [-0.2, 0) is 16.2 Å². The van der Waals surface area contributed by atoms with E-state index in [1.54, 1.807) is 0 Å². The highest BCUT2D eigenvalue weighted by molar-refractivity contribution is 7.01. The van der Waals surface area contributed by atoms with Crippen molar-refractivity contribution in [3.63, 3.8) is 0 Å². The van der Waals surface area contributed by atoms with Crippen molar-refractivity contribution in [1.29, 1.82) is 0 Å². The average Bonchev–Trinajstić information content (AvgIpc) is 3.88. The number of hydrogen-bond donors (Lipinski definition) is 0. The number of fused-ring (bicyclic) bond motifs is 8. The van der Waals surface area contributed by atoms with E-state index < -0.39 is 0 Å². The van der Waals surface area contributed by atoms with Gasteiger partial charge in [-0.05, 0) is 111 Å². The van der Waals surface area contributed by atoms with Crippen LogP contribution in [0.2, 0.25) is 0 Å². The van der Waals surface area contributed by atoms with Gasteiger partial charge in [-0.1, -0.05) is 80.5 Å². The number of hydrogen-bond acceptors (Lipinski definition) is 7. The molecule has 5 aromatic carbocycles. The summed E-state index contributed by atoms with van der Waals surface area (Å²) in [6.07, 6.45) is 0. The van der Waals surface area contributed by atoms with Crippen LogP contribution >= 0.6 is 0 Å². The number of aryl methyl sites for hydroxylation is 2. The van der Waals surface area contributed by atoms with E-state index in [0.29, 0.717) is 0 Å². The molecular formula is C48H49BN2O5. The van der Waals surface area contributed by atoms with E-state index in [1.165, 1.54) is 33.3 Å². The monoisotopic (exact) mass is 744 g/mol. The summed E-state index contributed by atoms with van der Waals surface area (Å²) >= 11 is 0. The lowest BCUT2D eigenvalue weighted by Gasteiger charge is -2.44. The second kappa shape index (κ2) is 11.5. The van der Waals surface area contributed by atoms with Gasteiger partial charge in [-0.25, -0.2) is 0 Å². The number of nitrogens with zero attached hydrogens (tertiary/aromatic N) is 2. The fourth-order valence-corrected chi connectivity index (χ4v) is 9.07. The molecule has 0 spiro atoms. The van der Waals surface area contributed by atoms with Crippen molar-refractivity contribution in [3.05, 3.63) is 101 Å². The van der Waals surface area contributed by atoms with Crippen molar-refractivity contribution in [2.45, 2.75) is 92.4 Å². The molecule has 6 aromatic rings. The second-order valence-corrected chi connectivity index (χ2v) is 19.1. The Bertz CT molecular complexity index is 2630. The number of furan rings is 1. The highest BCUT2D eigenvalue weighted by atomic mass is 16.7. The summed E-state index contributed by atoms with van der Waals surface area (Å²) in [7, 11) is 0. The van der Waals surface area contributed by atoms with Crippen molar-refractivity contribution in [2.75, 3.05) is 23.4 Å². The molecule has 4 aliphatic rings. The zero-order valence-electron chi connectivity index (χ0n) is 34.4. The quantitative estimate of drug-likeness (QED) is 0.163. The molecule has 0 bridgehead atoms. The first-order chi connectivity index (χ1) is 26.5. The lowest BCUT2D eigenvalue weighted by atomic mass is 9.33. The van der Waals surface area contributed by atoms with Crippen molar-refractivity contribution in [1.82, 2.24) is 0 Å². The molecule has 0 amide bonds. The van der Waals surface area contributed by atoms with Crippen LogP contribution in [0.1, 0.15) is 90.1 Å². The highest BCUT2D eigenvalue weighted by Crippen LogP contribution is 2.51. The van der Waals surface area contributed by atoms with Gasteiger partial charge in [0.1, 0.15) is 5.58 Å². The van der Waals surface area contributed by atoms with E-state index in [0.717, 1.165) is 79.2 Å². The van der Waals surface area contributed by atoms with Gasteiger partial charge < -0.3 is 28.3 Å². The lowest BCUT2D eigenvalue weighted by Crippen LogP contribution is -2.61. The zero-order valence-corrected chi connectivity index (χ0v) is 34.4. The Labute approximate surface area is 330 Å². The third-order valence-corrected chi connectivity index (χ3v) is 12.1. The molecule has 8 heteroatoms. The zero-order chi connectivity index (χ0) is 39.2. The molecular weight excluding hydrogens is 695 g/mol. The molecule has 5 heterocycles. The Morgan fingerprint density at radius 2 is 1.09 bits per heavy atom. The lowest BCUT2D eigenvalue weighted by molar-refractivity contribution is 0.173. The van der Waals surface area contributed by atoms with Gasteiger partial charge in [-0.2, -0.15) is 0 Å². The molecule has 0 saturated carbocycles. The highest BCUT2D eigenvalue weighted by Gasteiger charge is 2.48. The topological polar surface area (TPSA) is 56.5 Å². The van der Waals surface area contributed by atoms with E-state index in [9.17, 15) is 0 Å². The molecule has 56 heavy (non-hydrogen) atoms. The van der Waals surface area contributed by atoms with E-state index in [2.05, 4.69) is 153 Å². The minimum absolute atomic E-state index is 0.00110. The third-order valence-electron chi connectivity index (χ3n) is 12.1. The molecule has 0 atom stereocenters. The van der Waals surface area contributed by atoms with Crippen LogP contribution in [0.5, 0.6) is 23.0 Å². The van der Waals surface area contributed by atoms with E-state index in [4.69, 9.17) is 23.4 Å². The van der Waals surface area contributed by atoms with Crippen LogP contribution in [0.25, 0.3) is 11.0 Å². The smallest absolute Gasteiger partial charge is 0.257 e. The molecule has 0 aliphatic carbocycles. The van der Waals surface area contributed by atoms with Crippen molar-refractivity contribution < 1.29 is 23.4 Å². The molecule has 0 saturated heterocycles. The van der Waals surface area contributed by atoms with Crippen LogP contribution < -0.4 is 45.1 Å². The minimum atomic E-state index is -0.168. The molecule has 284 valence electrons. The van der Waals surface area contributed by atoms with Crippen LogP contribution in [-0.4, -0.2) is 20.3 Å². The van der Waals surface area contributed by atoms with Gasteiger partial charge in [0, 0.05) is 40.0 Å². The summed E-state index contributed by atoms with van der Waals surface area (Å²) in [6, 6.07) is 26.9. The SMILES string of the molecule is Cc1cc(C(C)(C)C)cc(C)c1N1c2cc(C(C)(C)C)cc3c2B(c2cc4c(cc2N3c2ccc3c(c2)OCO3)OCO4)c2c1oc1ccc(C(C)(C)C)cc21. The van der Waals surface area contributed by atoms with Gasteiger partial charge in [0.25, 0.3) is 6.71 Å². The predicted octanol–water partition coefficient (Wildman–Crippen LogP) is 10.5. The van der Waals surface area contributed by atoms with Gasteiger partial charge in [-0.15, -0.1) is 0 Å². The largest absolute Gasteiger partial charge is 0.454 e. The van der Waals surface area contributed by atoms with Crippen LogP contribution in [0.3, 0.4) is 0 Å². The molecule has 0 fully saturated rings. The van der Waals surface area contributed by atoms with E-state index in [1.807, 2.05) is 6.07 Å². The Hall–Kier alpha value is -5.50. The summed E-state index contributed by atoms with van der Waals surface area (Å²) in [5.41, 5.74) is 15.8. The average molecular weight is 745 g/mol. The van der Waals surface area contributed by atoms with Crippen LogP contribution in [0.4, 0.5) is 34.3 Å². The van der Waals surface area contributed by atoms with Crippen molar-refractivity contribution in [2.24, 2.45) is 0 Å². The summed E-state index contributed by atoms with van der Waals surface area (Å²) < 4.78 is 31.2. The maximum atomic E-state index is 7.21. The third kappa shape index (κ3) is 5.10. The molecule has 10 rings (SSSR count). The fourth-order valence-electron chi connectivity index (χ4n) is 9.07. The molecule has 0 N–H and O–H groups in total. The first-order valence-corrected chi connectivity index (χ1v) is 19.8. The van der Waals surface area contributed by atoms with E-state index >= 15 is 0 Å². The van der Waals surface area contributed by atoms with Gasteiger partial charge in [0.05, 0.1) is 11.4 Å². The van der Waals surface area contributed by atoms with Gasteiger partial charge in [-0.3, -0.25) is 4.90 Å². The Kier molecular flexibility index (Phi) is 7.20. The molecule has 7 nitrogen and oxygen atoms in total. The molecule has 4 aliphatic heterocycles. The number of anilines is 6. The fraction of sp³-hybridized carbons (Fsp3) is 0.333. The molecule has 0 unspecified atom stereocenters. The Balaban J connectivity index is 1.36. The van der Waals surface area contributed by atoms with Gasteiger partial charge in [0.15, 0.2) is 23.0 Å². The summed E-state index contributed by atoms with van der Waals surface area (Å²) in [4.78, 5) is 4.82. The summed E-state index contributed by atoms with van der Waals surface area (Å²) in [5.74, 6) is 3.83. The maximum absolute atomic E-state index is 7.21. The molecule has 1 aromatic heterocycles. The second-order valence-electron chi connectivity index (χ2n) is 19.1. The molecule has 0 radical (unpaired) electrons. The number of ether oxygens (including phenoxy) is 4. The predicted molar refractivity (Wildman–Crippen MR) is 228 cm³/mol. The van der Waals surface area contributed by atoms with Gasteiger partial charge >= 0.3 is 0 Å². The summed E-state index contributed by atoms with van der Waals surface area (Å²) in [5, 5.41) is 1.13. The maximum Gasteiger partial charge on any atom is 0.257 e. The standard InChI is InChI=1S/C48H49BN2O5/c1-26-16-29(47(6,7)8)17-27(2)44(26)51-36-20-30(48(9,10)11)19-35-43(36)49(42-32-18-28(46(3,4)5)12-14-37(32)56-45(42)51)33-22-40-41(55-25-54-40)23-34(33)50(35)31-13-15-38-39(21-31)53-24-52-38/h12-23H,24-25H2,1-11H3. The summed E-state index contributed by atoms with van der Waals surface area (Å²) in [6.45, 7) is 25.3. The Morgan fingerprint density at radius 3 is 1.73 bits per heavy atom. The van der Waals surface area contributed by atoms with E-state index in [-0.39, 0.29) is 36.5 Å². The van der Waals surface area contributed by atoms with Crippen LogP contribution in [0, 0.1) is 13.8 Å². The Morgan fingerprint density at radius 1 is 0.518 bits per heavy atom.